The van der Waals surface area contributed by atoms with E-state index in [4.69, 9.17) is 0 Å². The minimum atomic E-state index is -2.66. The molecule has 1 aromatic carbocycles. The van der Waals surface area contributed by atoms with Gasteiger partial charge in [0.25, 0.3) is 11.7 Å². The largest absolute Gasteiger partial charge is 0.322 e. The Morgan fingerprint density at radius 3 is 2.63 bits per heavy atom. The van der Waals surface area contributed by atoms with Crippen molar-refractivity contribution in [3.8, 4) is 11.8 Å². The lowest BCUT2D eigenvalue weighted by molar-refractivity contribution is 0.102. The van der Waals surface area contributed by atoms with E-state index in [2.05, 4.69) is 27.1 Å². The zero-order chi connectivity index (χ0) is 19.1. The molecular weight excluding hydrogens is 368 g/mol. The molecular formula is C20H13F2N3OS. The third-order valence-corrected chi connectivity index (χ3v) is 4.06. The van der Waals surface area contributed by atoms with Crippen molar-refractivity contribution in [3.05, 3.63) is 83.8 Å². The van der Waals surface area contributed by atoms with Gasteiger partial charge in [-0.2, -0.15) is 8.78 Å². The summed E-state index contributed by atoms with van der Waals surface area (Å²) in [5.41, 5.74) is 1.92. The van der Waals surface area contributed by atoms with Crippen LogP contribution in [0.5, 0.6) is 0 Å². The number of nitrogens with zero attached hydrogens (tertiary/aromatic N) is 2. The lowest BCUT2D eigenvalue weighted by Crippen LogP contribution is -2.14. The van der Waals surface area contributed by atoms with Crippen LogP contribution < -0.4 is 5.32 Å². The Morgan fingerprint density at radius 1 is 1.00 bits per heavy atom. The van der Waals surface area contributed by atoms with Gasteiger partial charge in [0.05, 0.1) is 5.56 Å². The lowest BCUT2D eigenvalue weighted by atomic mass is 10.2. The number of carbonyl (C=O) groups is 1. The maximum absolute atomic E-state index is 12.6. The molecule has 0 aliphatic rings. The van der Waals surface area contributed by atoms with E-state index in [9.17, 15) is 13.6 Å². The van der Waals surface area contributed by atoms with Crippen LogP contribution in [-0.4, -0.2) is 21.6 Å². The van der Waals surface area contributed by atoms with Crippen molar-refractivity contribution in [2.45, 2.75) is 10.8 Å². The number of carbonyl (C=O) groups excluding carboxylic acids is 1. The molecule has 0 saturated carbocycles. The highest BCUT2D eigenvalue weighted by atomic mass is 32.2. The molecule has 0 spiro atoms. The van der Waals surface area contributed by atoms with Crippen molar-refractivity contribution in [1.29, 1.82) is 0 Å². The van der Waals surface area contributed by atoms with Gasteiger partial charge in [-0.15, -0.1) is 0 Å². The number of thioether (sulfide) groups is 1. The minimum absolute atomic E-state index is 0.0175. The van der Waals surface area contributed by atoms with Crippen molar-refractivity contribution < 1.29 is 13.6 Å². The minimum Gasteiger partial charge on any atom is -0.322 e. The number of anilines is 1. The van der Waals surface area contributed by atoms with Gasteiger partial charge in [0.15, 0.2) is 0 Å². The number of hydrogen-bond acceptors (Lipinski definition) is 4. The van der Waals surface area contributed by atoms with Gasteiger partial charge in [0.2, 0.25) is 0 Å². The second-order valence-electron chi connectivity index (χ2n) is 5.23. The van der Waals surface area contributed by atoms with Gasteiger partial charge in [-0.1, -0.05) is 18.1 Å². The number of hydrogen-bond donors (Lipinski definition) is 1. The molecule has 0 aliphatic heterocycles. The van der Waals surface area contributed by atoms with Gasteiger partial charge in [-0.25, -0.2) is 9.97 Å². The maximum atomic E-state index is 12.6. The predicted octanol–water partition coefficient (Wildman–Crippen LogP) is 4.44. The van der Waals surface area contributed by atoms with Crippen LogP contribution in [0.3, 0.4) is 0 Å². The first-order valence-corrected chi connectivity index (χ1v) is 8.74. The maximum Gasteiger partial charge on any atom is 0.290 e. The fourth-order valence-corrected chi connectivity index (χ4v) is 2.77. The molecule has 3 aromatic rings. The summed E-state index contributed by atoms with van der Waals surface area (Å²) < 4.78 is 25.3. The van der Waals surface area contributed by atoms with E-state index in [0.29, 0.717) is 16.9 Å². The molecule has 4 nitrogen and oxygen atoms in total. The van der Waals surface area contributed by atoms with Crippen LogP contribution in [0.25, 0.3) is 0 Å². The van der Waals surface area contributed by atoms with Crippen molar-refractivity contribution in [2.24, 2.45) is 0 Å². The molecule has 27 heavy (non-hydrogen) atoms. The first-order valence-electron chi connectivity index (χ1n) is 7.86. The Bertz CT molecular complexity index is 1000. The van der Waals surface area contributed by atoms with E-state index in [0.717, 1.165) is 0 Å². The fraction of sp³-hybridized carbons (Fsp3) is 0.0500. The highest BCUT2D eigenvalue weighted by Crippen LogP contribution is 2.26. The monoisotopic (exact) mass is 381 g/mol. The van der Waals surface area contributed by atoms with Gasteiger partial charge < -0.3 is 5.32 Å². The number of amides is 1. The Labute approximate surface area is 159 Å². The average Bonchev–Trinajstić information content (AvgIpc) is 2.67. The Morgan fingerprint density at radius 2 is 1.85 bits per heavy atom. The summed E-state index contributed by atoms with van der Waals surface area (Å²) in [6.07, 6.45) is 3.03. The molecule has 7 heteroatoms. The molecule has 0 aliphatic carbocycles. The summed E-state index contributed by atoms with van der Waals surface area (Å²) in [6, 6.07) is 15.4. The second kappa shape index (κ2) is 8.92. The summed E-state index contributed by atoms with van der Waals surface area (Å²) in [7, 11) is 0. The summed E-state index contributed by atoms with van der Waals surface area (Å²) in [5.74, 6) is 2.74. The van der Waals surface area contributed by atoms with Gasteiger partial charge >= 0.3 is 0 Å². The molecule has 3 rings (SSSR count). The van der Waals surface area contributed by atoms with Gasteiger partial charge in [-0.05, 0) is 60.1 Å². The van der Waals surface area contributed by atoms with Crippen molar-refractivity contribution in [3.63, 3.8) is 0 Å². The number of alkyl halides is 2. The van der Waals surface area contributed by atoms with Crippen LogP contribution in [0.4, 0.5) is 14.5 Å². The van der Waals surface area contributed by atoms with Crippen LogP contribution in [0.2, 0.25) is 0 Å². The average molecular weight is 381 g/mol. The van der Waals surface area contributed by atoms with E-state index in [-0.39, 0.29) is 22.4 Å². The van der Waals surface area contributed by atoms with Gasteiger partial charge in [0, 0.05) is 23.6 Å². The fourth-order valence-electron chi connectivity index (χ4n) is 2.19. The normalized spacial score (nSPS) is 10.2. The summed E-state index contributed by atoms with van der Waals surface area (Å²) in [4.78, 5) is 20.4. The van der Waals surface area contributed by atoms with Crippen LogP contribution in [0.1, 0.15) is 21.6 Å². The van der Waals surface area contributed by atoms with Gasteiger partial charge in [0.1, 0.15) is 10.7 Å². The van der Waals surface area contributed by atoms with E-state index in [1.54, 1.807) is 42.6 Å². The van der Waals surface area contributed by atoms with Crippen LogP contribution >= 0.6 is 11.8 Å². The number of pyridine rings is 2. The molecule has 0 atom stereocenters. The Balaban J connectivity index is 1.77. The number of rotatable bonds is 4. The van der Waals surface area contributed by atoms with E-state index < -0.39 is 11.7 Å². The quantitative estimate of drug-likeness (QED) is 0.536. The smallest absolute Gasteiger partial charge is 0.290 e. The summed E-state index contributed by atoms with van der Waals surface area (Å²) in [6.45, 7) is 0. The number of aromatic nitrogens is 2. The first kappa shape index (κ1) is 18.5. The lowest BCUT2D eigenvalue weighted by Gasteiger charge is -2.09. The molecule has 0 radical (unpaired) electrons. The van der Waals surface area contributed by atoms with E-state index in [1.807, 2.05) is 6.07 Å². The topological polar surface area (TPSA) is 54.9 Å². The first-order chi connectivity index (χ1) is 13.1. The zero-order valence-electron chi connectivity index (χ0n) is 13.9. The molecule has 2 heterocycles. The Hall–Kier alpha value is -3.24. The summed E-state index contributed by atoms with van der Waals surface area (Å²) in [5, 5.41) is 2.67. The molecule has 2 aromatic heterocycles. The summed E-state index contributed by atoms with van der Waals surface area (Å²) >= 11 is 0.238. The second-order valence-corrected chi connectivity index (χ2v) is 6.21. The zero-order valence-corrected chi connectivity index (χ0v) is 14.7. The Kier molecular flexibility index (Phi) is 6.13. The van der Waals surface area contributed by atoms with Crippen LogP contribution in [0.15, 0.2) is 72.0 Å². The number of nitrogens with one attached hydrogen (secondary N) is 1. The molecule has 134 valence electrons. The number of halogens is 2. The predicted molar refractivity (Wildman–Crippen MR) is 101 cm³/mol. The number of benzene rings is 1. The molecule has 0 fully saturated rings. The standard InChI is InChI=1S/C20H13F2N3OS/c21-20(22)27-19-17(8-4-12-24-19)18(26)25-16-7-3-5-14(13-16)9-10-15-6-1-2-11-23-15/h1-8,11-13,20H,(H,25,26). The third-order valence-electron chi connectivity index (χ3n) is 3.34. The molecule has 1 amide bonds. The molecule has 0 saturated heterocycles. The third kappa shape index (κ3) is 5.36. The highest BCUT2D eigenvalue weighted by Gasteiger charge is 2.16. The van der Waals surface area contributed by atoms with Gasteiger partial charge in [-0.3, -0.25) is 4.79 Å². The molecule has 0 unspecified atom stereocenters. The highest BCUT2D eigenvalue weighted by molar-refractivity contribution is 7.99. The van der Waals surface area contributed by atoms with Crippen molar-refractivity contribution in [1.82, 2.24) is 9.97 Å². The van der Waals surface area contributed by atoms with Crippen LogP contribution in [0, 0.1) is 11.8 Å². The van der Waals surface area contributed by atoms with Crippen molar-refractivity contribution in [2.75, 3.05) is 5.32 Å². The van der Waals surface area contributed by atoms with Crippen LogP contribution in [-0.2, 0) is 0 Å². The van der Waals surface area contributed by atoms with E-state index in [1.165, 1.54) is 18.3 Å². The van der Waals surface area contributed by atoms with E-state index >= 15 is 0 Å². The SMILES string of the molecule is O=C(Nc1cccc(C#Cc2ccccn2)c1)c1cccnc1SC(F)F. The molecule has 0 bridgehead atoms. The van der Waals surface area contributed by atoms with Crippen molar-refractivity contribution >= 4 is 23.4 Å². The molecule has 1 N–H and O–H groups in total.